The number of methoxy groups -OCH3 is 1. The van der Waals surface area contributed by atoms with E-state index in [0.29, 0.717) is 13.0 Å². The van der Waals surface area contributed by atoms with Crippen LogP contribution in [0.3, 0.4) is 0 Å². The van der Waals surface area contributed by atoms with E-state index in [0.717, 1.165) is 11.2 Å². The lowest BCUT2D eigenvalue weighted by Gasteiger charge is -2.32. The minimum absolute atomic E-state index is 0.0716. The first-order chi connectivity index (χ1) is 11.7. The molecular formula is C18H26BNO5. The molecule has 1 aromatic carbocycles. The van der Waals surface area contributed by atoms with Crippen molar-refractivity contribution >= 4 is 18.6 Å². The number of carbonyl (C=O) groups is 1. The number of carbonyl (C=O) groups excluding carboxylic acids is 1. The van der Waals surface area contributed by atoms with E-state index < -0.39 is 7.12 Å². The molecule has 25 heavy (non-hydrogen) atoms. The molecule has 0 unspecified atom stereocenters. The Balaban J connectivity index is 1.66. The predicted molar refractivity (Wildman–Crippen MR) is 95.0 cm³/mol. The molecule has 1 aromatic rings. The van der Waals surface area contributed by atoms with Gasteiger partial charge in [-0.1, -0.05) is 12.1 Å². The van der Waals surface area contributed by atoms with E-state index in [9.17, 15) is 4.79 Å². The van der Waals surface area contributed by atoms with E-state index in [1.165, 1.54) is 7.11 Å². The molecule has 2 aliphatic heterocycles. The highest BCUT2D eigenvalue weighted by atomic mass is 16.7. The highest BCUT2D eigenvalue weighted by Crippen LogP contribution is 2.36. The van der Waals surface area contributed by atoms with Crippen LogP contribution in [0.2, 0.25) is 0 Å². The van der Waals surface area contributed by atoms with Crippen molar-refractivity contribution in [2.45, 2.75) is 57.5 Å². The Kier molecular flexibility index (Phi) is 4.83. The first kappa shape index (κ1) is 18.2. The molecule has 2 saturated heterocycles. The number of rotatable bonds is 4. The van der Waals surface area contributed by atoms with Crippen LogP contribution in [-0.2, 0) is 18.8 Å². The van der Waals surface area contributed by atoms with Crippen molar-refractivity contribution in [3.63, 3.8) is 0 Å². The lowest BCUT2D eigenvalue weighted by atomic mass is 9.79. The lowest BCUT2D eigenvalue weighted by Crippen LogP contribution is -2.41. The molecule has 0 saturated carbocycles. The summed E-state index contributed by atoms with van der Waals surface area (Å²) in [7, 11) is 0.977. The van der Waals surface area contributed by atoms with Crippen LogP contribution in [0.1, 0.15) is 34.1 Å². The Morgan fingerprint density at radius 1 is 1.24 bits per heavy atom. The maximum Gasteiger partial charge on any atom is 0.494 e. The Hall–Kier alpha value is -1.57. The molecule has 0 radical (unpaired) electrons. The Labute approximate surface area is 149 Å². The fourth-order valence-electron chi connectivity index (χ4n) is 3.02. The predicted octanol–water partition coefficient (Wildman–Crippen LogP) is 1.27. The van der Waals surface area contributed by atoms with Crippen molar-refractivity contribution in [3.8, 4) is 5.75 Å². The van der Waals surface area contributed by atoms with Gasteiger partial charge in [0.25, 0.3) is 0 Å². The zero-order valence-electron chi connectivity index (χ0n) is 15.5. The molecule has 0 spiro atoms. The van der Waals surface area contributed by atoms with Gasteiger partial charge in [-0.3, -0.25) is 4.79 Å². The van der Waals surface area contributed by atoms with Gasteiger partial charge in [0.05, 0.1) is 18.3 Å². The SMILES string of the molecule is COC(=O)[C@@H]1C[C@H](Oc2cccc(B3OC(C)(C)C(C)(C)O3)c2)CN1. The molecule has 0 amide bonds. The topological polar surface area (TPSA) is 66.0 Å². The zero-order valence-corrected chi connectivity index (χ0v) is 15.5. The quantitative estimate of drug-likeness (QED) is 0.654. The number of hydrogen-bond donors (Lipinski definition) is 1. The number of benzene rings is 1. The van der Waals surface area contributed by atoms with Gasteiger partial charge in [-0.25, -0.2) is 0 Å². The van der Waals surface area contributed by atoms with E-state index in [4.69, 9.17) is 18.8 Å². The summed E-state index contributed by atoms with van der Waals surface area (Å²) in [5, 5.41) is 3.12. The Morgan fingerprint density at radius 2 is 1.92 bits per heavy atom. The summed E-state index contributed by atoms with van der Waals surface area (Å²) in [5.74, 6) is 0.488. The molecule has 2 aliphatic rings. The molecule has 1 N–H and O–H groups in total. The standard InChI is InChI=1S/C18H26BNO5/c1-17(2)18(3,4)25-19(24-17)12-7-6-8-13(9-12)23-14-10-15(20-11-14)16(21)22-5/h6-9,14-15,20H,10-11H2,1-5H3/t14-,15-/m0/s1. The van der Waals surface area contributed by atoms with E-state index in [1.807, 2.05) is 52.0 Å². The van der Waals surface area contributed by atoms with Crippen LogP contribution < -0.4 is 15.5 Å². The number of nitrogens with one attached hydrogen (secondary N) is 1. The van der Waals surface area contributed by atoms with Gasteiger partial charge in [0, 0.05) is 13.0 Å². The second kappa shape index (κ2) is 6.63. The molecule has 6 nitrogen and oxygen atoms in total. The average Bonchev–Trinajstić information content (AvgIpc) is 3.09. The minimum Gasteiger partial charge on any atom is -0.489 e. The van der Waals surface area contributed by atoms with Crippen molar-refractivity contribution in [3.05, 3.63) is 24.3 Å². The summed E-state index contributed by atoms with van der Waals surface area (Å²) in [6, 6.07) is 7.43. The molecule has 0 aliphatic carbocycles. The molecule has 136 valence electrons. The summed E-state index contributed by atoms with van der Waals surface area (Å²) in [4.78, 5) is 11.6. The van der Waals surface area contributed by atoms with E-state index >= 15 is 0 Å². The first-order valence-corrected chi connectivity index (χ1v) is 8.65. The normalized spacial score (nSPS) is 27.3. The highest BCUT2D eigenvalue weighted by molar-refractivity contribution is 6.62. The summed E-state index contributed by atoms with van der Waals surface area (Å²) in [6.45, 7) is 8.74. The summed E-state index contributed by atoms with van der Waals surface area (Å²) < 4.78 is 23.0. The zero-order chi connectivity index (χ0) is 18.2. The smallest absolute Gasteiger partial charge is 0.489 e. The van der Waals surface area contributed by atoms with Crippen LogP contribution in [0.4, 0.5) is 0 Å². The number of ether oxygens (including phenoxy) is 2. The molecule has 7 heteroatoms. The summed E-state index contributed by atoms with van der Waals surface area (Å²) in [5.41, 5.74) is 0.168. The van der Waals surface area contributed by atoms with Gasteiger partial charge < -0.3 is 24.1 Å². The second-order valence-corrected chi connectivity index (χ2v) is 7.62. The van der Waals surface area contributed by atoms with Crippen molar-refractivity contribution in [2.24, 2.45) is 0 Å². The largest absolute Gasteiger partial charge is 0.494 e. The second-order valence-electron chi connectivity index (χ2n) is 7.62. The van der Waals surface area contributed by atoms with Crippen molar-refractivity contribution in [1.29, 1.82) is 0 Å². The van der Waals surface area contributed by atoms with Gasteiger partial charge in [0.15, 0.2) is 0 Å². The lowest BCUT2D eigenvalue weighted by molar-refractivity contribution is -0.142. The van der Waals surface area contributed by atoms with Crippen LogP contribution in [-0.4, -0.2) is 50.1 Å². The van der Waals surface area contributed by atoms with Gasteiger partial charge in [0.1, 0.15) is 17.9 Å². The van der Waals surface area contributed by atoms with Crippen LogP contribution >= 0.6 is 0 Å². The van der Waals surface area contributed by atoms with E-state index in [1.54, 1.807) is 0 Å². The molecule has 2 atom stereocenters. The van der Waals surface area contributed by atoms with Gasteiger partial charge in [-0.2, -0.15) is 0 Å². The van der Waals surface area contributed by atoms with Crippen LogP contribution in [0.15, 0.2) is 24.3 Å². The average molecular weight is 347 g/mol. The van der Waals surface area contributed by atoms with Crippen molar-refractivity contribution in [2.75, 3.05) is 13.7 Å². The Morgan fingerprint density at radius 3 is 2.56 bits per heavy atom. The third kappa shape index (κ3) is 3.68. The van der Waals surface area contributed by atoms with Crippen molar-refractivity contribution in [1.82, 2.24) is 5.32 Å². The van der Waals surface area contributed by atoms with Gasteiger partial charge in [-0.15, -0.1) is 0 Å². The monoisotopic (exact) mass is 347 g/mol. The van der Waals surface area contributed by atoms with Crippen molar-refractivity contribution < 1.29 is 23.6 Å². The maximum absolute atomic E-state index is 11.6. The molecule has 0 aromatic heterocycles. The number of hydrogen-bond acceptors (Lipinski definition) is 6. The molecule has 0 bridgehead atoms. The van der Waals surface area contributed by atoms with E-state index in [-0.39, 0.29) is 29.3 Å². The summed E-state index contributed by atoms with van der Waals surface area (Å²) in [6.07, 6.45) is 0.519. The van der Waals surface area contributed by atoms with Crippen LogP contribution in [0, 0.1) is 0 Å². The minimum atomic E-state index is -0.418. The van der Waals surface area contributed by atoms with Gasteiger partial charge >= 0.3 is 13.1 Å². The number of esters is 1. The molecule has 3 rings (SSSR count). The molecule has 2 fully saturated rings. The fourth-order valence-corrected chi connectivity index (χ4v) is 3.02. The van der Waals surface area contributed by atoms with Crippen LogP contribution in [0.25, 0.3) is 0 Å². The molecule has 2 heterocycles. The highest BCUT2D eigenvalue weighted by Gasteiger charge is 2.51. The summed E-state index contributed by atoms with van der Waals surface area (Å²) >= 11 is 0. The van der Waals surface area contributed by atoms with Gasteiger partial charge in [0.2, 0.25) is 0 Å². The maximum atomic E-state index is 11.6. The van der Waals surface area contributed by atoms with Crippen LogP contribution in [0.5, 0.6) is 5.75 Å². The third-order valence-electron chi connectivity index (χ3n) is 5.26. The van der Waals surface area contributed by atoms with E-state index in [2.05, 4.69) is 5.32 Å². The third-order valence-corrected chi connectivity index (χ3v) is 5.26. The Bertz CT molecular complexity index is 632. The first-order valence-electron chi connectivity index (χ1n) is 8.65. The van der Waals surface area contributed by atoms with Gasteiger partial charge in [-0.05, 0) is 45.3 Å². The fraction of sp³-hybridized carbons (Fsp3) is 0.611. The molecular weight excluding hydrogens is 321 g/mol.